The van der Waals surface area contributed by atoms with Gasteiger partial charge in [0, 0.05) is 6.61 Å². The zero-order chi connectivity index (χ0) is 13.0. The van der Waals surface area contributed by atoms with Gasteiger partial charge in [0.2, 0.25) is 0 Å². The lowest BCUT2D eigenvalue weighted by Gasteiger charge is -2.20. The Morgan fingerprint density at radius 3 is 2.25 bits per heavy atom. The molecular weight excluding hydrogens is 225 g/mol. The normalized spacial score (nSPS) is 14.9. The van der Waals surface area contributed by atoms with Crippen molar-refractivity contribution in [3.8, 4) is 0 Å². The minimum absolute atomic E-state index is 0.0859. The smallest absolute Gasteiger partial charge is 0.414 e. The molecule has 0 radical (unpaired) electrons. The van der Waals surface area contributed by atoms with Gasteiger partial charge in [0.05, 0.1) is 5.41 Å². The Morgan fingerprint density at radius 1 is 1.38 bits per heavy atom. The van der Waals surface area contributed by atoms with Crippen LogP contribution in [0.2, 0.25) is 0 Å². The summed E-state index contributed by atoms with van der Waals surface area (Å²) < 4.78 is 40.6. The first kappa shape index (κ1) is 15.2. The molecule has 0 aromatic carbocycles. The largest absolute Gasteiger partial charge is 0.481 e. The lowest BCUT2D eigenvalue weighted by molar-refractivity contribution is -0.214. The molecule has 3 nitrogen and oxygen atoms in total. The fourth-order valence-electron chi connectivity index (χ4n) is 0.976. The number of carboxylic acids is 1. The number of rotatable bonds is 6. The molecule has 0 aliphatic carbocycles. The van der Waals surface area contributed by atoms with E-state index in [1.54, 1.807) is 0 Å². The Labute approximate surface area is 92.6 Å². The van der Waals surface area contributed by atoms with Crippen LogP contribution in [0, 0.1) is 5.41 Å². The van der Waals surface area contributed by atoms with Gasteiger partial charge in [-0.05, 0) is 33.6 Å². The van der Waals surface area contributed by atoms with Gasteiger partial charge in [-0.3, -0.25) is 4.79 Å². The second kappa shape index (κ2) is 5.52. The van der Waals surface area contributed by atoms with E-state index in [1.807, 2.05) is 0 Å². The third-order valence-electron chi connectivity index (χ3n) is 2.35. The molecule has 1 atom stereocenters. The maximum Gasteiger partial charge on any atom is 0.414 e. The van der Waals surface area contributed by atoms with Crippen molar-refractivity contribution in [3.05, 3.63) is 0 Å². The Morgan fingerprint density at radius 2 is 1.88 bits per heavy atom. The van der Waals surface area contributed by atoms with Gasteiger partial charge in [-0.15, -0.1) is 0 Å². The first-order valence-electron chi connectivity index (χ1n) is 4.99. The van der Waals surface area contributed by atoms with E-state index in [-0.39, 0.29) is 13.0 Å². The monoisotopic (exact) mass is 242 g/mol. The quantitative estimate of drug-likeness (QED) is 0.728. The predicted molar refractivity (Wildman–Crippen MR) is 52.1 cm³/mol. The minimum atomic E-state index is -4.36. The minimum Gasteiger partial charge on any atom is -0.481 e. The van der Waals surface area contributed by atoms with Crippen LogP contribution in [0.4, 0.5) is 13.2 Å². The van der Waals surface area contributed by atoms with Crippen molar-refractivity contribution in [2.45, 2.75) is 45.9 Å². The van der Waals surface area contributed by atoms with Gasteiger partial charge in [-0.1, -0.05) is 0 Å². The first-order valence-corrected chi connectivity index (χ1v) is 4.99. The van der Waals surface area contributed by atoms with Crippen LogP contribution in [0.25, 0.3) is 0 Å². The summed E-state index contributed by atoms with van der Waals surface area (Å²) in [7, 11) is 0. The fourth-order valence-corrected chi connectivity index (χ4v) is 0.976. The van der Waals surface area contributed by atoms with Crippen molar-refractivity contribution in [2.75, 3.05) is 6.61 Å². The van der Waals surface area contributed by atoms with Gasteiger partial charge in [0.15, 0.2) is 6.10 Å². The van der Waals surface area contributed by atoms with Crippen molar-refractivity contribution in [2.24, 2.45) is 5.41 Å². The molecule has 0 saturated carbocycles. The molecular formula is C10H17F3O3. The maximum absolute atomic E-state index is 12.0. The van der Waals surface area contributed by atoms with Gasteiger partial charge >= 0.3 is 12.1 Å². The van der Waals surface area contributed by atoms with E-state index in [1.165, 1.54) is 13.8 Å². The summed E-state index contributed by atoms with van der Waals surface area (Å²) in [5.41, 5.74) is -0.926. The zero-order valence-electron chi connectivity index (χ0n) is 9.60. The van der Waals surface area contributed by atoms with Gasteiger partial charge < -0.3 is 9.84 Å². The van der Waals surface area contributed by atoms with E-state index in [0.717, 1.165) is 6.92 Å². The van der Waals surface area contributed by atoms with Crippen LogP contribution in [0.5, 0.6) is 0 Å². The number of carboxylic acid groups (broad SMARTS) is 1. The number of halogens is 3. The molecule has 0 aliphatic rings. The Bertz CT molecular complexity index is 236. The first-order chi connectivity index (χ1) is 7.07. The van der Waals surface area contributed by atoms with E-state index >= 15 is 0 Å². The number of hydrogen-bond donors (Lipinski definition) is 1. The molecule has 1 unspecified atom stereocenters. The van der Waals surface area contributed by atoms with Gasteiger partial charge in [-0.2, -0.15) is 13.2 Å². The lowest BCUT2D eigenvalue weighted by atomic mass is 9.88. The van der Waals surface area contributed by atoms with Crippen molar-refractivity contribution in [3.63, 3.8) is 0 Å². The van der Waals surface area contributed by atoms with Crippen molar-refractivity contribution in [1.29, 1.82) is 0 Å². The van der Waals surface area contributed by atoms with E-state index in [4.69, 9.17) is 5.11 Å². The SMILES string of the molecule is CC(OCCCC(C)(C)C(=O)O)C(F)(F)F. The highest BCUT2D eigenvalue weighted by molar-refractivity contribution is 5.73. The molecule has 0 heterocycles. The highest BCUT2D eigenvalue weighted by Gasteiger charge is 2.36. The average Bonchev–Trinajstić information content (AvgIpc) is 2.10. The molecule has 0 bridgehead atoms. The van der Waals surface area contributed by atoms with Crippen LogP contribution < -0.4 is 0 Å². The van der Waals surface area contributed by atoms with Crippen molar-refractivity contribution in [1.82, 2.24) is 0 Å². The summed E-state index contributed by atoms with van der Waals surface area (Å²) in [6.07, 6.45) is -5.59. The molecule has 6 heteroatoms. The number of ether oxygens (including phenoxy) is 1. The van der Waals surface area contributed by atoms with Crippen LogP contribution in [0.15, 0.2) is 0 Å². The molecule has 0 aromatic heterocycles. The van der Waals surface area contributed by atoms with Gasteiger partial charge in [0.1, 0.15) is 0 Å². The summed E-state index contributed by atoms with van der Waals surface area (Å²) in [5.74, 6) is -0.962. The zero-order valence-corrected chi connectivity index (χ0v) is 9.60. The number of alkyl halides is 3. The van der Waals surface area contributed by atoms with E-state index in [9.17, 15) is 18.0 Å². The van der Waals surface area contributed by atoms with Crippen molar-refractivity contribution < 1.29 is 27.8 Å². The van der Waals surface area contributed by atoms with Crippen LogP contribution in [0.3, 0.4) is 0 Å². The summed E-state index contributed by atoms with van der Waals surface area (Å²) in [4.78, 5) is 10.7. The summed E-state index contributed by atoms with van der Waals surface area (Å²) in [5, 5.41) is 8.76. The van der Waals surface area contributed by atoms with E-state index in [2.05, 4.69) is 4.74 Å². The third kappa shape index (κ3) is 5.34. The Hall–Kier alpha value is -0.780. The van der Waals surface area contributed by atoms with E-state index < -0.39 is 23.7 Å². The topological polar surface area (TPSA) is 46.5 Å². The predicted octanol–water partition coefficient (Wildman–Crippen LogP) is 2.84. The molecule has 0 saturated heterocycles. The highest BCUT2D eigenvalue weighted by atomic mass is 19.4. The lowest BCUT2D eigenvalue weighted by Crippen LogP contribution is -2.29. The molecule has 0 amide bonds. The van der Waals surface area contributed by atoms with Gasteiger partial charge in [0.25, 0.3) is 0 Å². The Balaban J connectivity index is 3.82. The number of hydrogen-bond acceptors (Lipinski definition) is 2. The standard InChI is InChI=1S/C10H17F3O3/c1-7(10(11,12)13)16-6-4-5-9(2,3)8(14)15/h7H,4-6H2,1-3H3,(H,14,15). The number of aliphatic carboxylic acids is 1. The number of carbonyl (C=O) groups is 1. The molecule has 0 rings (SSSR count). The van der Waals surface area contributed by atoms with Crippen LogP contribution >= 0.6 is 0 Å². The second-order valence-electron chi connectivity index (χ2n) is 4.35. The molecule has 0 aromatic rings. The summed E-state index contributed by atoms with van der Waals surface area (Å²) >= 11 is 0. The molecule has 0 spiro atoms. The summed E-state index contributed by atoms with van der Waals surface area (Å²) in [6.45, 7) is 3.91. The van der Waals surface area contributed by atoms with Crippen LogP contribution in [-0.4, -0.2) is 30.0 Å². The fraction of sp³-hybridized carbons (Fsp3) is 0.900. The molecule has 0 aliphatic heterocycles. The second-order valence-corrected chi connectivity index (χ2v) is 4.35. The summed E-state index contributed by atoms with van der Waals surface area (Å²) in [6, 6.07) is 0. The molecule has 96 valence electrons. The van der Waals surface area contributed by atoms with Crippen LogP contribution in [0.1, 0.15) is 33.6 Å². The van der Waals surface area contributed by atoms with Crippen molar-refractivity contribution >= 4 is 5.97 Å². The average molecular weight is 242 g/mol. The van der Waals surface area contributed by atoms with E-state index in [0.29, 0.717) is 6.42 Å². The third-order valence-corrected chi connectivity index (χ3v) is 2.35. The maximum atomic E-state index is 12.0. The Kier molecular flexibility index (Phi) is 5.25. The molecule has 0 fully saturated rings. The molecule has 1 N–H and O–H groups in total. The van der Waals surface area contributed by atoms with Gasteiger partial charge in [-0.25, -0.2) is 0 Å². The highest BCUT2D eigenvalue weighted by Crippen LogP contribution is 2.25. The molecule has 16 heavy (non-hydrogen) atoms. The van der Waals surface area contributed by atoms with Crippen LogP contribution in [-0.2, 0) is 9.53 Å².